The number of imide groups is 1. The summed E-state index contributed by atoms with van der Waals surface area (Å²) in [6.45, 7) is 5.33. The zero-order valence-electron chi connectivity index (χ0n) is 29.5. The number of aromatic nitrogens is 2. The molecule has 3 heterocycles. The van der Waals surface area contributed by atoms with E-state index in [2.05, 4.69) is 10.6 Å². The standard InChI is InChI=1S/C37H45F3N6O6/c1-23(47)35(50)46(21-25-18-41-19-29(25)40)33(37(2,3)13-16-52-36(51)42-14-15-45-31(48)11-12-32(45)49)34-43-30(27-17-26(38)9-10-28(27)39)22-44(34)20-24-7-5-4-6-8-24/h4-10,17,22-23,25,29,33,41,47H,11-16,18-21H2,1-3H3,(H,42,51)/t23-,25-,29-,33-/m0/s1. The van der Waals surface area contributed by atoms with E-state index >= 15 is 8.78 Å². The molecule has 0 spiro atoms. The summed E-state index contributed by atoms with van der Waals surface area (Å²) in [5.74, 6) is -3.01. The Bertz CT molecular complexity index is 1740. The second-order valence-electron chi connectivity index (χ2n) is 14.0. The molecule has 0 radical (unpaired) electrons. The van der Waals surface area contributed by atoms with Crippen molar-refractivity contribution in [3.8, 4) is 11.3 Å². The number of alkyl carbamates (subject to hydrolysis) is 1. The molecule has 5 rings (SSSR count). The molecule has 2 aliphatic rings. The van der Waals surface area contributed by atoms with E-state index in [-0.39, 0.29) is 94.0 Å². The number of alkyl halides is 1. The van der Waals surface area contributed by atoms with E-state index < -0.39 is 53.3 Å². The Morgan fingerprint density at radius 2 is 1.83 bits per heavy atom. The van der Waals surface area contributed by atoms with Crippen LogP contribution in [-0.4, -0.2) is 99.9 Å². The number of amides is 4. The molecule has 0 bridgehead atoms. The molecule has 0 unspecified atom stereocenters. The minimum Gasteiger partial charge on any atom is -0.450 e. The third kappa shape index (κ3) is 9.17. The van der Waals surface area contributed by atoms with Gasteiger partial charge >= 0.3 is 6.09 Å². The number of carbonyl (C=O) groups is 4. The van der Waals surface area contributed by atoms with Crippen LogP contribution in [0.1, 0.15) is 57.5 Å². The zero-order chi connectivity index (χ0) is 37.6. The van der Waals surface area contributed by atoms with Crippen molar-refractivity contribution in [1.82, 2.24) is 30.0 Å². The van der Waals surface area contributed by atoms with Crippen molar-refractivity contribution in [2.24, 2.45) is 11.3 Å². The molecule has 4 amide bonds. The Morgan fingerprint density at radius 3 is 2.48 bits per heavy atom. The monoisotopic (exact) mass is 726 g/mol. The van der Waals surface area contributed by atoms with Gasteiger partial charge < -0.3 is 29.9 Å². The number of hydrogen-bond donors (Lipinski definition) is 3. The maximum absolute atomic E-state index is 15.2. The third-order valence-corrected chi connectivity index (χ3v) is 9.57. The van der Waals surface area contributed by atoms with Gasteiger partial charge in [0.25, 0.3) is 5.91 Å². The van der Waals surface area contributed by atoms with Crippen LogP contribution in [0.4, 0.5) is 18.0 Å². The van der Waals surface area contributed by atoms with Crippen molar-refractivity contribution < 1.29 is 42.2 Å². The predicted molar refractivity (Wildman–Crippen MR) is 184 cm³/mol. The van der Waals surface area contributed by atoms with E-state index in [0.29, 0.717) is 0 Å². The molecule has 3 aromatic rings. The molecule has 0 saturated carbocycles. The SMILES string of the molecule is C[C@H](O)C(=O)N(C[C@@H]1CNC[C@@H]1F)[C@@H](c1nc(-c2cc(F)ccc2F)cn1Cc1ccccc1)C(C)(C)CCOC(=O)NCCN1C(=O)CCC1=O. The van der Waals surface area contributed by atoms with Gasteiger partial charge in [-0.15, -0.1) is 0 Å². The molecule has 280 valence electrons. The highest BCUT2D eigenvalue weighted by Crippen LogP contribution is 2.43. The minimum absolute atomic E-state index is 0.00480. The quantitative estimate of drug-likeness (QED) is 0.200. The Kier molecular flexibility index (Phi) is 12.4. The summed E-state index contributed by atoms with van der Waals surface area (Å²) in [6.07, 6.45) is -1.54. The van der Waals surface area contributed by atoms with E-state index in [1.165, 1.54) is 11.8 Å². The van der Waals surface area contributed by atoms with Crippen LogP contribution in [0.25, 0.3) is 11.3 Å². The fraction of sp³-hybridized carbons (Fsp3) is 0.486. The molecular formula is C37H45F3N6O6. The van der Waals surface area contributed by atoms with Crippen LogP contribution >= 0.6 is 0 Å². The average Bonchev–Trinajstić information content (AvgIpc) is 3.80. The van der Waals surface area contributed by atoms with Crippen LogP contribution < -0.4 is 10.6 Å². The van der Waals surface area contributed by atoms with Crippen LogP contribution in [0.15, 0.2) is 54.7 Å². The van der Waals surface area contributed by atoms with E-state index in [0.717, 1.165) is 28.7 Å². The topological polar surface area (TPSA) is 146 Å². The fourth-order valence-electron chi connectivity index (χ4n) is 6.72. The van der Waals surface area contributed by atoms with Crippen molar-refractivity contribution in [2.75, 3.05) is 39.3 Å². The largest absolute Gasteiger partial charge is 0.450 e. The maximum Gasteiger partial charge on any atom is 0.407 e. The first kappa shape index (κ1) is 38.5. The number of ether oxygens (including phenoxy) is 1. The molecular weight excluding hydrogens is 681 g/mol. The van der Waals surface area contributed by atoms with Gasteiger partial charge in [0.2, 0.25) is 11.8 Å². The molecule has 2 aromatic carbocycles. The number of hydrogen-bond acceptors (Lipinski definition) is 8. The lowest BCUT2D eigenvalue weighted by Crippen LogP contribution is -2.50. The molecule has 2 saturated heterocycles. The summed E-state index contributed by atoms with van der Waals surface area (Å²) in [5.41, 5.74) is -0.142. The second-order valence-corrected chi connectivity index (χ2v) is 14.0. The number of halogens is 3. The van der Waals surface area contributed by atoms with Gasteiger partial charge in [0.15, 0.2) is 0 Å². The fourth-order valence-corrected chi connectivity index (χ4v) is 6.72. The Labute approximate surface area is 300 Å². The van der Waals surface area contributed by atoms with Gasteiger partial charge in [0.05, 0.1) is 18.3 Å². The molecule has 52 heavy (non-hydrogen) atoms. The zero-order valence-corrected chi connectivity index (χ0v) is 29.5. The molecule has 3 N–H and O–H groups in total. The molecule has 2 fully saturated rings. The predicted octanol–water partition coefficient (Wildman–Crippen LogP) is 3.98. The number of likely N-dealkylation sites (tertiary alicyclic amines) is 1. The molecule has 12 nitrogen and oxygen atoms in total. The molecule has 15 heteroatoms. The Hall–Kier alpha value is -4.76. The van der Waals surface area contributed by atoms with Crippen molar-refractivity contribution >= 4 is 23.8 Å². The van der Waals surface area contributed by atoms with Crippen LogP contribution in [-0.2, 0) is 25.7 Å². The first-order valence-electron chi connectivity index (χ1n) is 17.4. The van der Waals surface area contributed by atoms with Gasteiger partial charge in [-0.25, -0.2) is 22.9 Å². The summed E-state index contributed by atoms with van der Waals surface area (Å²) in [6, 6.07) is 11.4. The van der Waals surface area contributed by atoms with Gasteiger partial charge in [-0.1, -0.05) is 44.2 Å². The highest BCUT2D eigenvalue weighted by molar-refractivity contribution is 6.01. The van der Waals surface area contributed by atoms with Gasteiger partial charge in [0, 0.05) is 69.8 Å². The summed E-state index contributed by atoms with van der Waals surface area (Å²) >= 11 is 0. The van der Waals surface area contributed by atoms with Gasteiger partial charge in [-0.2, -0.15) is 0 Å². The number of carbonyl (C=O) groups excluding carboxylic acids is 4. The number of nitrogens with one attached hydrogen (secondary N) is 2. The lowest BCUT2D eigenvalue weighted by atomic mass is 9.79. The lowest BCUT2D eigenvalue weighted by molar-refractivity contribution is -0.146. The maximum atomic E-state index is 15.2. The lowest BCUT2D eigenvalue weighted by Gasteiger charge is -2.43. The number of aliphatic hydroxyl groups excluding tert-OH is 1. The van der Waals surface area contributed by atoms with Crippen molar-refractivity contribution in [3.05, 3.63) is 77.8 Å². The molecule has 0 aliphatic carbocycles. The van der Waals surface area contributed by atoms with E-state index in [1.807, 2.05) is 44.2 Å². The van der Waals surface area contributed by atoms with Crippen molar-refractivity contribution in [3.63, 3.8) is 0 Å². The minimum atomic E-state index is -1.47. The van der Waals surface area contributed by atoms with Crippen molar-refractivity contribution in [1.29, 1.82) is 0 Å². The van der Waals surface area contributed by atoms with Crippen LogP contribution in [0.3, 0.4) is 0 Å². The number of imidazole rings is 1. The average molecular weight is 727 g/mol. The van der Waals surface area contributed by atoms with Crippen LogP contribution in [0, 0.1) is 23.0 Å². The smallest absolute Gasteiger partial charge is 0.407 e. The molecule has 1 aromatic heterocycles. The first-order chi connectivity index (χ1) is 24.7. The number of aliphatic hydroxyl groups is 1. The molecule has 4 atom stereocenters. The van der Waals surface area contributed by atoms with Crippen molar-refractivity contribution in [2.45, 2.75) is 64.9 Å². The normalized spacial score (nSPS) is 18.8. The Morgan fingerprint density at radius 1 is 1.12 bits per heavy atom. The highest BCUT2D eigenvalue weighted by atomic mass is 19.1. The van der Waals surface area contributed by atoms with E-state index in [9.17, 15) is 28.7 Å². The number of nitrogens with zero attached hydrogens (tertiary/aromatic N) is 4. The summed E-state index contributed by atoms with van der Waals surface area (Å²) in [5, 5.41) is 16.2. The number of benzene rings is 2. The summed E-state index contributed by atoms with van der Waals surface area (Å²) in [4.78, 5) is 57.7. The number of rotatable bonds is 15. The van der Waals surface area contributed by atoms with Gasteiger partial charge in [-0.05, 0) is 42.5 Å². The summed E-state index contributed by atoms with van der Waals surface area (Å²) < 4.78 is 51.9. The highest BCUT2D eigenvalue weighted by Gasteiger charge is 2.44. The van der Waals surface area contributed by atoms with Crippen LogP contribution in [0.5, 0.6) is 0 Å². The van der Waals surface area contributed by atoms with E-state index in [1.54, 1.807) is 10.8 Å². The van der Waals surface area contributed by atoms with Gasteiger partial charge in [0.1, 0.15) is 29.7 Å². The Balaban J connectivity index is 1.49. The second kappa shape index (κ2) is 16.7. The molecule has 2 aliphatic heterocycles. The first-order valence-corrected chi connectivity index (χ1v) is 17.4. The van der Waals surface area contributed by atoms with E-state index in [4.69, 9.17) is 9.72 Å². The summed E-state index contributed by atoms with van der Waals surface area (Å²) in [7, 11) is 0. The van der Waals surface area contributed by atoms with Crippen LogP contribution in [0.2, 0.25) is 0 Å². The third-order valence-electron chi connectivity index (χ3n) is 9.57. The van der Waals surface area contributed by atoms with Gasteiger partial charge in [-0.3, -0.25) is 19.3 Å².